The smallest absolute Gasteiger partial charge is 0.306 e. The van der Waals surface area contributed by atoms with Gasteiger partial charge in [0.1, 0.15) is 5.82 Å². The number of aryl methyl sites for hydroxylation is 1. The van der Waals surface area contributed by atoms with Gasteiger partial charge in [-0.15, -0.1) is 0 Å². The lowest BCUT2D eigenvalue weighted by atomic mass is 10.0. The highest BCUT2D eigenvalue weighted by atomic mass is 19.1. The molecule has 6 heteroatoms. The second-order valence-corrected chi connectivity index (χ2v) is 6.60. The highest BCUT2D eigenvalue weighted by Crippen LogP contribution is 2.24. The monoisotopic (exact) mass is 381 g/mol. The third kappa shape index (κ3) is 4.17. The van der Waals surface area contributed by atoms with Gasteiger partial charge in [-0.2, -0.15) is 0 Å². The molecule has 2 aromatic carbocycles. The summed E-state index contributed by atoms with van der Waals surface area (Å²) in [5, 5.41) is 0.777. The molecule has 1 atom stereocenters. The van der Waals surface area contributed by atoms with Crippen molar-refractivity contribution in [2.75, 3.05) is 0 Å². The lowest BCUT2D eigenvalue weighted by molar-refractivity contribution is -0.146. The Labute approximate surface area is 161 Å². The van der Waals surface area contributed by atoms with Gasteiger partial charge in [0.25, 0.3) is 0 Å². The van der Waals surface area contributed by atoms with Crippen molar-refractivity contribution in [3.8, 4) is 0 Å². The molecule has 0 unspecified atom stereocenters. The summed E-state index contributed by atoms with van der Waals surface area (Å²) in [7, 11) is 0. The minimum atomic E-state index is -0.966. The van der Waals surface area contributed by atoms with E-state index in [9.17, 15) is 18.8 Å². The Morgan fingerprint density at radius 2 is 1.71 bits per heavy atom. The maximum atomic E-state index is 12.9. The van der Waals surface area contributed by atoms with Crippen LogP contribution in [-0.2, 0) is 9.53 Å². The number of Topliss-reactive ketones (excluding diaryl/α,β-unsaturated/α-hetero) is 2. The van der Waals surface area contributed by atoms with E-state index in [2.05, 4.69) is 4.98 Å². The van der Waals surface area contributed by atoms with Crippen LogP contribution in [0.15, 0.2) is 48.5 Å². The number of carbonyl (C=O) groups excluding carboxylic acids is 3. The number of hydrogen-bond acceptors (Lipinski definition) is 4. The van der Waals surface area contributed by atoms with E-state index < -0.39 is 17.9 Å². The Bertz CT molecular complexity index is 1040. The molecule has 0 radical (unpaired) electrons. The number of hydrogen-bond donors (Lipinski definition) is 1. The second kappa shape index (κ2) is 8.17. The molecule has 0 aliphatic heterocycles. The fraction of sp³-hybridized carbons (Fsp3) is 0.227. The quantitative estimate of drug-likeness (QED) is 0.486. The van der Waals surface area contributed by atoms with Crippen LogP contribution in [0.5, 0.6) is 0 Å². The number of ketones is 2. The summed E-state index contributed by atoms with van der Waals surface area (Å²) in [6.07, 6.45) is -1.19. The zero-order chi connectivity index (χ0) is 20.3. The number of aromatic amines is 1. The molecule has 144 valence electrons. The van der Waals surface area contributed by atoms with Gasteiger partial charge in [-0.3, -0.25) is 14.4 Å². The van der Waals surface area contributed by atoms with Crippen molar-refractivity contribution in [1.29, 1.82) is 0 Å². The first kappa shape index (κ1) is 19.5. The first-order chi connectivity index (χ1) is 13.4. The topological polar surface area (TPSA) is 76.2 Å². The molecule has 0 saturated carbocycles. The number of benzene rings is 2. The number of rotatable bonds is 7. The van der Waals surface area contributed by atoms with Gasteiger partial charge >= 0.3 is 5.97 Å². The zero-order valence-corrected chi connectivity index (χ0v) is 15.6. The van der Waals surface area contributed by atoms with Crippen molar-refractivity contribution in [2.24, 2.45) is 0 Å². The predicted octanol–water partition coefficient (Wildman–Crippen LogP) is 4.39. The lowest BCUT2D eigenvalue weighted by Gasteiger charge is -2.12. The first-order valence-corrected chi connectivity index (χ1v) is 8.96. The number of para-hydroxylation sites is 1. The molecule has 0 fully saturated rings. The van der Waals surface area contributed by atoms with Gasteiger partial charge in [0, 0.05) is 34.1 Å². The van der Waals surface area contributed by atoms with Crippen LogP contribution in [0.25, 0.3) is 10.9 Å². The summed E-state index contributed by atoms with van der Waals surface area (Å²) in [5.41, 5.74) is 2.37. The minimum Gasteiger partial charge on any atom is -0.454 e. The highest BCUT2D eigenvalue weighted by molar-refractivity contribution is 6.11. The van der Waals surface area contributed by atoms with Gasteiger partial charge in [0.05, 0.1) is 6.42 Å². The Kier molecular flexibility index (Phi) is 5.68. The molecule has 1 aromatic heterocycles. The van der Waals surface area contributed by atoms with Crippen molar-refractivity contribution in [2.45, 2.75) is 32.8 Å². The number of nitrogens with one attached hydrogen (secondary N) is 1. The fourth-order valence-electron chi connectivity index (χ4n) is 3.10. The summed E-state index contributed by atoms with van der Waals surface area (Å²) in [4.78, 5) is 40.0. The Morgan fingerprint density at radius 3 is 2.43 bits per heavy atom. The standard InChI is InChI=1S/C22H20FNO4/c1-13-21(17-5-3-4-6-18(17)24-13)22(27)14(2)28-20(26)12-11-19(25)15-7-9-16(23)10-8-15/h3-10,14,24H,11-12H2,1-2H3/t14-/m0/s1. The summed E-state index contributed by atoms with van der Waals surface area (Å²) in [6, 6.07) is 12.5. The van der Waals surface area contributed by atoms with Crippen LogP contribution in [-0.4, -0.2) is 28.6 Å². The first-order valence-electron chi connectivity index (χ1n) is 8.96. The van der Waals surface area contributed by atoms with E-state index in [1.54, 1.807) is 6.92 Å². The van der Waals surface area contributed by atoms with Gasteiger partial charge < -0.3 is 9.72 Å². The van der Waals surface area contributed by atoms with Crippen LogP contribution in [0.1, 0.15) is 46.2 Å². The molecule has 28 heavy (non-hydrogen) atoms. The SMILES string of the molecule is Cc1[nH]c2ccccc2c1C(=O)[C@H](C)OC(=O)CCC(=O)c1ccc(F)cc1. The molecule has 1 heterocycles. The third-order valence-corrected chi connectivity index (χ3v) is 4.54. The van der Waals surface area contributed by atoms with E-state index in [1.807, 2.05) is 24.3 Å². The van der Waals surface area contributed by atoms with Crippen molar-refractivity contribution in [1.82, 2.24) is 4.98 Å². The van der Waals surface area contributed by atoms with E-state index in [0.717, 1.165) is 10.9 Å². The van der Waals surface area contributed by atoms with E-state index >= 15 is 0 Å². The Balaban J connectivity index is 1.60. The van der Waals surface area contributed by atoms with Gasteiger partial charge in [0.2, 0.25) is 5.78 Å². The van der Waals surface area contributed by atoms with Crippen LogP contribution in [0, 0.1) is 12.7 Å². The molecule has 0 spiro atoms. The fourth-order valence-corrected chi connectivity index (χ4v) is 3.10. The van der Waals surface area contributed by atoms with Crippen LogP contribution >= 0.6 is 0 Å². The van der Waals surface area contributed by atoms with E-state index in [1.165, 1.54) is 31.2 Å². The maximum Gasteiger partial charge on any atom is 0.306 e. The van der Waals surface area contributed by atoms with Gasteiger partial charge in [0.15, 0.2) is 11.9 Å². The van der Waals surface area contributed by atoms with E-state index in [-0.39, 0.29) is 24.4 Å². The molecular formula is C22H20FNO4. The molecule has 3 aromatic rings. The summed E-state index contributed by atoms with van der Waals surface area (Å²) in [5.74, 6) is -1.65. The molecule has 5 nitrogen and oxygen atoms in total. The van der Waals surface area contributed by atoms with Crippen LogP contribution < -0.4 is 0 Å². The molecule has 0 aliphatic rings. The van der Waals surface area contributed by atoms with Gasteiger partial charge in [-0.05, 0) is 44.2 Å². The number of carbonyl (C=O) groups is 3. The van der Waals surface area contributed by atoms with Crippen LogP contribution in [0.2, 0.25) is 0 Å². The number of ether oxygens (including phenoxy) is 1. The molecule has 1 N–H and O–H groups in total. The molecule has 0 amide bonds. The number of aromatic nitrogens is 1. The number of halogens is 1. The average Bonchev–Trinajstić information content (AvgIpc) is 3.01. The molecule has 3 rings (SSSR count). The van der Waals surface area contributed by atoms with Crippen molar-refractivity contribution >= 4 is 28.4 Å². The van der Waals surface area contributed by atoms with Crippen molar-refractivity contribution < 1.29 is 23.5 Å². The molecule has 0 aliphatic carbocycles. The zero-order valence-electron chi connectivity index (χ0n) is 15.6. The second-order valence-electron chi connectivity index (χ2n) is 6.60. The largest absolute Gasteiger partial charge is 0.454 e. The van der Waals surface area contributed by atoms with E-state index in [4.69, 9.17) is 4.74 Å². The lowest BCUT2D eigenvalue weighted by Crippen LogP contribution is -2.25. The Hall–Kier alpha value is -3.28. The predicted molar refractivity (Wildman–Crippen MR) is 103 cm³/mol. The van der Waals surface area contributed by atoms with E-state index in [0.29, 0.717) is 16.8 Å². The summed E-state index contributed by atoms with van der Waals surface area (Å²) in [6.45, 7) is 3.31. The Morgan fingerprint density at radius 1 is 1.04 bits per heavy atom. The van der Waals surface area contributed by atoms with Crippen LogP contribution in [0.3, 0.4) is 0 Å². The highest BCUT2D eigenvalue weighted by Gasteiger charge is 2.24. The average molecular weight is 381 g/mol. The summed E-state index contributed by atoms with van der Waals surface area (Å²) < 4.78 is 18.1. The summed E-state index contributed by atoms with van der Waals surface area (Å²) >= 11 is 0. The van der Waals surface area contributed by atoms with Gasteiger partial charge in [-0.1, -0.05) is 18.2 Å². The van der Waals surface area contributed by atoms with Crippen molar-refractivity contribution in [3.63, 3.8) is 0 Å². The number of esters is 1. The molecule has 0 saturated heterocycles. The van der Waals surface area contributed by atoms with Crippen LogP contribution in [0.4, 0.5) is 4.39 Å². The normalized spacial score (nSPS) is 12.0. The maximum absolute atomic E-state index is 12.9. The minimum absolute atomic E-state index is 0.0719. The number of fused-ring (bicyclic) bond motifs is 1. The third-order valence-electron chi connectivity index (χ3n) is 4.54. The van der Waals surface area contributed by atoms with Gasteiger partial charge in [-0.25, -0.2) is 4.39 Å². The number of H-pyrrole nitrogens is 1. The molecule has 0 bridgehead atoms. The van der Waals surface area contributed by atoms with Crippen molar-refractivity contribution in [3.05, 3.63) is 71.2 Å². The molecular weight excluding hydrogens is 361 g/mol.